The maximum atomic E-state index is 14.5. The van der Waals surface area contributed by atoms with Crippen LogP contribution >= 0.6 is 11.8 Å². The number of hydrogen-bond acceptors (Lipinski definition) is 11. The van der Waals surface area contributed by atoms with Crippen molar-refractivity contribution in [2.75, 3.05) is 76.6 Å². The molecule has 0 saturated carbocycles. The Bertz CT molecular complexity index is 2470. The molecule has 2 saturated heterocycles. The largest absolute Gasteiger partial charge is 0.416 e. The number of fused-ring (bicyclic) bond motifs is 2. The van der Waals surface area contributed by atoms with E-state index in [1.165, 1.54) is 35.2 Å². The maximum absolute atomic E-state index is 14.5. The van der Waals surface area contributed by atoms with E-state index in [1.807, 2.05) is 17.8 Å². The molecule has 6 amide bonds. The summed E-state index contributed by atoms with van der Waals surface area (Å²) in [5.74, 6) is -2.17. The van der Waals surface area contributed by atoms with Gasteiger partial charge in [-0.05, 0) is 67.8 Å². The lowest BCUT2D eigenvalue weighted by Crippen LogP contribution is -2.55. The molecule has 4 aromatic rings. The van der Waals surface area contributed by atoms with E-state index < -0.39 is 41.3 Å². The highest BCUT2D eigenvalue weighted by molar-refractivity contribution is 8.00. The first-order valence-electron chi connectivity index (χ1n) is 24.1. The van der Waals surface area contributed by atoms with Gasteiger partial charge in [0.2, 0.25) is 11.8 Å². The SMILES string of the molecule is CCN1C(=O)[C@@H](NC(=O)c2cccc(C(F)(F)F)c2)[C@@H](c2ccc(F)cc2)c2c(CNC(=O)CCOCCOCCOCCOCCNC(=O)CCCCC3SCC4NC(=O)NC43)nn(-c3ccccc3)c21. The highest BCUT2D eigenvalue weighted by Crippen LogP contribution is 2.44. The topological polar surface area (TPSA) is 203 Å². The number of thioether (sulfide) groups is 1. The first kappa shape index (κ1) is 53.7. The molecule has 1 aromatic heterocycles. The number of carbonyl (C=O) groups is 5. The molecule has 3 unspecified atom stereocenters. The van der Waals surface area contributed by atoms with Crippen LogP contribution in [0.4, 0.5) is 28.2 Å². The third kappa shape index (κ3) is 14.3. The fourth-order valence-electron chi connectivity index (χ4n) is 8.87. The number of anilines is 1. The number of rotatable bonds is 27. The van der Waals surface area contributed by atoms with Crippen LogP contribution in [0.2, 0.25) is 0 Å². The van der Waals surface area contributed by atoms with E-state index in [0.717, 1.165) is 37.1 Å². The van der Waals surface area contributed by atoms with Crippen molar-refractivity contribution in [2.24, 2.45) is 0 Å². The number of urea groups is 1. The molecule has 7 rings (SSSR count). The Morgan fingerprint density at radius 2 is 1.49 bits per heavy atom. The van der Waals surface area contributed by atoms with Crippen molar-refractivity contribution in [3.63, 3.8) is 0 Å². The molecular weight excluding hydrogens is 965 g/mol. The fourth-order valence-corrected chi connectivity index (χ4v) is 10.4. The molecule has 3 aliphatic rings. The number of para-hydroxylation sites is 1. The predicted molar refractivity (Wildman–Crippen MR) is 259 cm³/mol. The summed E-state index contributed by atoms with van der Waals surface area (Å²) >= 11 is 1.87. The standard InChI is InChI=1S/C50H60F4N8O9S/c1-2-61-47-43(42(32-15-17-35(51)18-16-32)45(48(61)66)58-46(65)33-9-8-10-34(29-33)50(52,53)54)37(60-62(47)36-11-4-3-5-12-36)30-56-41(64)19-21-68-23-25-70-27-28-71-26-24-69-22-20-55-40(63)14-7-6-13-39-44-38(31-72-39)57-49(67)59-44/h3-5,8-12,15-18,29,38-39,42,44-45H,2,6-7,13-14,19-28,30-31H2,1H3,(H,55,63)(H,56,64)(H,58,65)(H2,57,59,67)/t38?,39?,42-,44?,45-/m0/s1. The number of hydrogen-bond donors (Lipinski definition) is 5. The zero-order valence-electron chi connectivity index (χ0n) is 39.8. The lowest BCUT2D eigenvalue weighted by molar-refractivity contribution is -0.137. The van der Waals surface area contributed by atoms with E-state index in [0.29, 0.717) is 85.6 Å². The van der Waals surface area contributed by atoms with Gasteiger partial charge in [0.15, 0.2) is 0 Å². The lowest BCUT2D eigenvalue weighted by Gasteiger charge is -2.38. The molecule has 3 aliphatic heterocycles. The molecule has 0 aliphatic carbocycles. The molecule has 3 aromatic carbocycles. The van der Waals surface area contributed by atoms with Gasteiger partial charge in [-0.3, -0.25) is 24.1 Å². The monoisotopic (exact) mass is 1020 g/mol. The molecule has 388 valence electrons. The molecule has 22 heteroatoms. The molecule has 4 heterocycles. The van der Waals surface area contributed by atoms with Crippen molar-refractivity contribution >= 4 is 47.2 Å². The Balaban J connectivity index is 0.831. The molecular formula is C50H60F4N8O9S. The van der Waals surface area contributed by atoms with Gasteiger partial charge in [0.1, 0.15) is 17.7 Å². The van der Waals surface area contributed by atoms with Gasteiger partial charge in [-0.15, -0.1) is 0 Å². The number of alkyl halides is 3. The van der Waals surface area contributed by atoms with Crippen LogP contribution in [-0.2, 0) is 46.1 Å². The summed E-state index contributed by atoms with van der Waals surface area (Å²) in [4.78, 5) is 66.6. The van der Waals surface area contributed by atoms with Gasteiger partial charge in [-0.1, -0.05) is 42.8 Å². The van der Waals surface area contributed by atoms with Gasteiger partial charge in [-0.25, -0.2) is 13.9 Å². The number of unbranched alkanes of at least 4 members (excludes halogenated alkanes) is 1. The van der Waals surface area contributed by atoms with E-state index in [4.69, 9.17) is 24.0 Å². The number of halogens is 4. The van der Waals surface area contributed by atoms with Crippen LogP contribution in [0.25, 0.3) is 5.69 Å². The Morgan fingerprint density at radius 1 is 0.806 bits per heavy atom. The number of carbonyl (C=O) groups excluding carboxylic acids is 5. The zero-order chi connectivity index (χ0) is 51.0. The van der Waals surface area contributed by atoms with E-state index in [1.54, 1.807) is 35.9 Å². The van der Waals surface area contributed by atoms with Gasteiger partial charge >= 0.3 is 12.2 Å². The Labute approximate surface area is 418 Å². The quantitative estimate of drug-likeness (QED) is 0.0297. The number of nitrogens with one attached hydrogen (secondary N) is 5. The van der Waals surface area contributed by atoms with Crippen LogP contribution in [0.15, 0.2) is 78.9 Å². The molecule has 5 N–H and O–H groups in total. The summed E-state index contributed by atoms with van der Waals surface area (Å²) in [6.45, 7) is 4.46. The summed E-state index contributed by atoms with van der Waals surface area (Å²) in [7, 11) is 0. The van der Waals surface area contributed by atoms with Gasteiger partial charge in [0.25, 0.3) is 11.8 Å². The number of nitrogens with zero attached hydrogens (tertiary/aromatic N) is 3. The maximum Gasteiger partial charge on any atom is 0.416 e. The van der Waals surface area contributed by atoms with Crippen LogP contribution < -0.4 is 31.5 Å². The van der Waals surface area contributed by atoms with Crippen LogP contribution in [0, 0.1) is 5.82 Å². The third-order valence-corrected chi connectivity index (χ3v) is 13.9. The van der Waals surface area contributed by atoms with Crippen molar-refractivity contribution in [3.8, 4) is 5.69 Å². The second kappa shape index (κ2) is 26.1. The van der Waals surface area contributed by atoms with E-state index >= 15 is 0 Å². The van der Waals surface area contributed by atoms with Crippen molar-refractivity contribution in [1.29, 1.82) is 0 Å². The van der Waals surface area contributed by atoms with E-state index in [2.05, 4.69) is 26.6 Å². The molecule has 17 nitrogen and oxygen atoms in total. The third-order valence-electron chi connectivity index (χ3n) is 12.4. The normalized spacial score (nSPS) is 19.3. The minimum absolute atomic E-state index is 0.00740. The Hall–Kier alpha value is -6.07. The molecule has 2 fully saturated rings. The van der Waals surface area contributed by atoms with Gasteiger partial charge in [-0.2, -0.15) is 30.0 Å². The summed E-state index contributed by atoms with van der Waals surface area (Å²) in [5.41, 5.74) is 0.436. The van der Waals surface area contributed by atoms with Gasteiger partial charge < -0.3 is 45.5 Å². The first-order chi connectivity index (χ1) is 34.8. The molecule has 72 heavy (non-hydrogen) atoms. The number of benzene rings is 3. The lowest BCUT2D eigenvalue weighted by atomic mass is 9.80. The predicted octanol–water partition coefficient (Wildman–Crippen LogP) is 5.24. The summed E-state index contributed by atoms with van der Waals surface area (Å²) in [5, 5.41) is 19.6. The minimum Gasteiger partial charge on any atom is -0.379 e. The fraction of sp³-hybridized carbons (Fsp3) is 0.480. The van der Waals surface area contributed by atoms with Crippen LogP contribution in [0.3, 0.4) is 0 Å². The minimum atomic E-state index is -4.72. The van der Waals surface area contributed by atoms with Crippen molar-refractivity contribution in [3.05, 3.63) is 113 Å². The van der Waals surface area contributed by atoms with Crippen molar-refractivity contribution in [1.82, 2.24) is 36.4 Å². The average Bonchev–Trinajstić information content (AvgIpc) is 4.06. The molecule has 0 bridgehead atoms. The molecule has 5 atom stereocenters. The van der Waals surface area contributed by atoms with Crippen LogP contribution in [-0.4, -0.2) is 135 Å². The summed E-state index contributed by atoms with van der Waals surface area (Å²) in [6.07, 6.45) is -1.59. The second-order valence-electron chi connectivity index (χ2n) is 17.3. The zero-order valence-corrected chi connectivity index (χ0v) is 40.7. The van der Waals surface area contributed by atoms with Crippen LogP contribution in [0.5, 0.6) is 0 Å². The number of ether oxygens (including phenoxy) is 4. The second-order valence-corrected chi connectivity index (χ2v) is 18.5. The van der Waals surface area contributed by atoms with Gasteiger partial charge in [0.05, 0.1) is 88.4 Å². The average molecular weight is 1030 g/mol. The van der Waals surface area contributed by atoms with Gasteiger partial charge in [0, 0.05) is 54.0 Å². The summed E-state index contributed by atoms with van der Waals surface area (Å²) < 4.78 is 79.1. The highest BCUT2D eigenvalue weighted by Gasteiger charge is 2.47. The Morgan fingerprint density at radius 3 is 2.18 bits per heavy atom. The van der Waals surface area contributed by atoms with Crippen LogP contribution in [0.1, 0.15) is 77.7 Å². The number of aromatic nitrogens is 2. The first-order valence-corrected chi connectivity index (χ1v) is 25.1. The van der Waals surface area contributed by atoms with E-state index in [-0.39, 0.29) is 74.8 Å². The number of amides is 6. The highest BCUT2D eigenvalue weighted by atomic mass is 32.2. The molecule has 0 radical (unpaired) electrons. The smallest absolute Gasteiger partial charge is 0.379 e. The molecule has 0 spiro atoms. The van der Waals surface area contributed by atoms with E-state index in [9.17, 15) is 41.5 Å². The Kier molecular flexibility index (Phi) is 19.4. The van der Waals surface area contributed by atoms with Crippen molar-refractivity contribution < 1.29 is 60.5 Å². The summed E-state index contributed by atoms with van der Waals surface area (Å²) in [6, 6.07) is 17.1. The van der Waals surface area contributed by atoms with Crippen molar-refractivity contribution in [2.45, 2.75) is 81.0 Å². The number of likely N-dealkylation sites (N-methyl/N-ethyl adjacent to an activating group) is 1.